The van der Waals surface area contributed by atoms with E-state index in [9.17, 15) is 5.11 Å². The molecule has 0 atom stereocenters. The van der Waals surface area contributed by atoms with Crippen molar-refractivity contribution in [1.29, 1.82) is 0 Å². The fourth-order valence-corrected chi connectivity index (χ4v) is 1.34. The van der Waals surface area contributed by atoms with Crippen molar-refractivity contribution in [3.63, 3.8) is 0 Å². The second-order valence-electron chi connectivity index (χ2n) is 2.95. The van der Waals surface area contributed by atoms with Crippen LogP contribution < -0.4 is 11.5 Å². The summed E-state index contributed by atoms with van der Waals surface area (Å²) in [5, 5.41) is 9.93. The predicted octanol–water partition coefficient (Wildman–Crippen LogP) is 0.554. The molecule has 0 radical (unpaired) electrons. The number of halogens is 1. The van der Waals surface area contributed by atoms with Crippen molar-refractivity contribution >= 4 is 15.9 Å². The topological polar surface area (TPSA) is 72.3 Å². The number of benzene rings is 1. The van der Waals surface area contributed by atoms with Crippen molar-refractivity contribution in [2.75, 3.05) is 13.1 Å². The van der Waals surface area contributed by atoms with Crippen LogP contribution in [0.25, 0.3) is 0 Å². The molecule has 0 amide bonds. The van der Waals surface area contributed by atoms with Crippen molar-refractivity contribution in [3.05, 3.63) is 34.3 Å². The van der Waals surface area contributed by atoms with Crippen molar-refractivity contribution in [2.45, 2.75) is 5.60 Å². The standard InChI is InChI=1S/C9H13BrN2O/c10-8-3-1-7(2-4-8)9(13,5-11)6-12/h1-4,13H,5-6,11-12H2. The summed E-state index contributed by atoms with van der Waals surface area (Å²) < 4.78 is 0.965. The quantitative estimate of drug-likeness (QED) is 0.728. The van der Waals surface area contributed by atoms with E-state index in [0.29, 0.717) is 0 Å². The summed E-state index contributed by atoms with van der Waals surface area (Å²) >= 11 is 3.31. The fraction of sp³-hybridized carbons (Fsp3) is 0.333. The van der Waals surface area contributed by atoms with Crippen molar-refractivity contribution in [1.82, 2.24) is 0 Å². The Morgan fingerprint density at radius 2 is 1.62 bits per heavy atom. The predicted molar refractivity (Wildman–Crippen MR) is 56.1 cm³/mol. The summed E-state index contributed by atoms with van der Waals surface area (Å²) in [6, 6.07) is 7.32. The van der Waals surface area contributed by atoms with Gasteiger partial charge in [0.25, 0.3) is 0 Å². The third kappa shape index (κ3) is 2.28. The number of hydrogen-bond donors (Lipinski definition) is 3. The molecule has 0 aliphatic heterocycles. The third-order valence-electron chi connectivity index (χ3n) is 2.06. The normalized spacial score (nSPS) is 11.7. The van der Waals surface area contributed by atoms with E-state index in [0.717, 1.165) is 10.0 Å². The lowest BCUT2D eigenvalue weighted by Crippen LogP contribution is -2.41. The molecular formula is C9H13BrN2O. The van der Waals surface area contributed by atoms with Crippen molar-refractivity contribution in [3.8, 4) is 0 Å². The molecule has 0 aliphatic rings. The molecule has 72 valence electrons. The number of aliphatic hydroxyl groups is 1. The van der Waals surface area contributed by atoms with Crippen LogP contribution in [0.2, 0.25) is 0 Å². The van der Waals surface area contributed by atoms with E-state index >= 15 is 0 Å². The molecule has 4 heteroatoms. The van der Waals surface area contributed by atoms with E-state index in [1.807, 2.05) is 24.3 Å². The van der Waals surface area contributed by atoms with Crippen LogP contribution in [0.15, 0.2) is 28.7 Å². The third-order valence-corrected chi connectivity index (χ3v) is 2.59. The molecule has 13 heavy (non-hydrogen) atoms. The second kappa shape index (κ2) is 4.19. The van der Waals surface area contributed by atoms with Crippen LogP contribution in [0.5, 0.6) is 0 Å². The van der Waals surface area contributed by atoms with Gasteiger partial charge in [-0.05, 0) is 17.7 Å². The second-order valence-corrected chi connectivity index (χ2v) is 3.86. The van der Waals surface area contributed by atoms with Crippen LogP contribution in [0.3, 0.4) is 0 Å². The van der Waals surface area contributed by atoms with Gasteiger partial charge < -0.3 is 16.6 Å². The zero-order valence-electron chi connectivity index (χ0n) is 7.20. The summed E-state index contributed by atoms with van der Waals surface area (Å²) in [6.07, 6.45) is 0. The van der Waals surface area contributed by atoms with E-state index in [1.54, 1.807) is 0 Å². The molecule has 0 aromatic heterocycles. The largest absolute Gasteiger partial charge is 0.383 e. The van der Waals surface area contributed by atoms with Gasteiger partial charge in [-0.25, -0.2) is 0 Å². The van der Waals surface area contributed by atoms with Crippen LogP contribution in [-0.2, 0) is 5.60 Å². The van der Waals surface area contributed by atoms with Crippen LogP contribution in [0, 0.1) is 0 Å². The zero-order chi connectivity index (χ0) is 9.90. The Balaban J connectivity index is 2.99. The van der Waals surface area contributed by atoms with Crippen LogP contribution in [0.4, 0.5) is 0 Å². The minimum atomic E-state index is -1.10. The van der Waals surface area contributed by atoms with E-state index in [2.05, 4.69) is 15.9 Å². The molecule has 0 fully saturated rings. The highest BCUT2D eigenvalue weighted by Gasteiger charge is 2.25. The molecule has 5 N–H and O–H groups in total. The molecule has 0 spiro atoms. The molecule has 3 nitrogen and oxygen atoms in total. The summed E-state index contributed by atoms with van der Waals surface area (Å²) in [7, 11) is 0. The molecule has 1 rings (SSSR count). The summed E-state index contributed by atoms with van der Waals surface area (Å²) in [5.74, 6) is 0. The van der Waals surface area contributed by atoms with Gasteiger partial charge in [-0.2, -0.15) is 0 Å². The van der Waals surface area contributed by atoms with E-state index in [4.69, 9.17) is 11.5 Å². The van der Waals surface area contributed by atoms with Gasteiger partial charge in [0.2, 0.25) is 0 Å². The summed E-state index contributed by atoms with van der Waals surface area (Å²) in [6.45, 7) is 0.260. The van der Waals surface area contributed by atoms with Crippen LogP contribution in [-0.4, -0.2) is 18.2 Å². The van der Waals surface area contributed by atoms with Crippen molar-refractivity contribution in [2.24, 2.45) is 11.5 Å². The van der Waals surface area contributed by atoms with Gasteiger partial charge >= 0.3 is 0 Å². The Bertz CT molecular complexity index is 269. The maximum Gasteiger partial charge on any atom is 0.114 e. The number of hydrogen-bond acceptors (Lipinski definition) is 3. The van der Waals surface area contributed by atoms with Crippen molar-refractivity contribution < 1.29 is 5.11 Å². The van der Waals surface area contributed by atoms with E-state index in [1.165, 1.54) is 0 Å². The minimum Gasteiger partial charge on any atom is -0.383 e. The first-order valence-electron chi connectivity index (χ1n) is 4.01. The van der Waals surface area contributed by atoms with E-state index in [-0.39, 0.29) is 13.1 Å². The first kappa shape index (κ1) is 10.7. The smallest absolute Gasteiger partial charge is 0.114 e. The Hall–Kier alpha value is -0.420. The van der Waals surface area contributed by atoms with Gasteiger partial charge in [0.05, 0.1) is 0 Å². The maximum absolute atomic E-state index is 9.93. The summed E-state index contributed by atoms with van der Waals surface area (Å²) in [4.78, 5) is 0. The Labute approximate surface area is 85.9 Å². The fourth-order valence-electron chi connectivity index (χ4n) is 1.08. The monoisotopic (exact) mass is 244 g/mol. The van der Waals surface area contributed by atoms with E-state index < -0.39 is 5.60 Å². The molecule has 0 unspecified atom stereocenters. The lowest BCUT2D eigenvalue weighted by atomic mass is 9.94. The Morgan fingerprint density at radius 3 is 2.00 bits per heavy atom. The highest BCUT2D eigenvalue weighted by molar-refractivity contribution is 9.10. The molecule has 0 aliphatic carbocycles. The summed E-state index contributed by atoms with van der Waals surface area (Å²) in [5.41, 5.74) is 10.5. The molecule has 1 aromatic carbocycles. The first-order valence-corrected chi connectivity index (χ1v) is 4.80. The molecule has 0 saturated carbocycles. The Morgan fingerprint density at radius 1 is 1.15 bits per heavy atom. The molecule has 0 saturated heterocycles. The van der Waals surface area contributed by atoms with Gasteiger partial charge in [-0.1, -0.05) is 28.1 Å². The van der Waals surface area contributed by atoms with Gasteiger partial charge in [0.15, 0.2) is 0 Å². The zero-order valence-corrected chi connectivity index (χ0v) is 8.79. The van der Waals surface area contributed by atoms with Gasteiger partial charge in [-0.3, -0.25) is 0 Å². The maximum atomic E-state index is 9.93. The molecule has 1 aromatic rings. The first-order chi connectivity index (χ1) is 6.12. The molecule has 0 heterocycles. The lowest BCUT2D eigenvalue weighted by molar-refractivity contribution is 0.0554. The van der Waals surface area contributed by atoms with Crippen LogP contribution >= 0.6 is 15.9 Å². The average Bonchev–Trinajstić information content (AvgIpc) is 2.18. The number of rotatable bonds is 3. The molecule has 0 bridgehead atoms. The minimum absolute atomic E-state index is 0.130. The van der Waals surface area contributed by atoms with Gasteiger partial charge in [-0.15, -0.1) is 0 Å². The SMILES string of the molecule is NCC(O)(CN)c1ccc(Br)cc1. The highest BCUT2D eigenvalue weighted by Crippen LogP contribution is 2.20. The van der Waals surface area contributed by atoms with Gasteiger partial charge in [0.1, 0.15) is 5.60 Å². The Kier molecular flexibility index (Phi) is 3.44. The van der Waals surface area contributed by atoms with Gasteiger partial charge in [0, 0.05) is 17.6 Å². The lowest BCUT2D eigenvalue weighted by Gasteiger charge is -2.25. The highest BCUT2D eigenvalue weighted by atomic mass is 79.9. The average molecular weight is 245 g/mol. The molecular weight excluding hydrogens is 232 g/mol. The van der Waals surface area contributed by atoms with Crippen LogP contribution in [0.1, 0.15) is 5.56 Å². The number of nitrogens with two attached hydrogens (primary N) is 2.